The van der Waals surface area contributed by atoms with Gasteiger partial charge in [-0.05, 0) is 60.7 Å². The molecule has 5 aromatic rings. The van der Waals surface area contributed by atoms with E-state index in [9.17, 15) is 24.9 Å². The van der Waals surface area contributed by atoms with Gasteiger partial charge in [-0.2, -0.15) is 9.78 Å². The van der Waals surface area contributed by atoms with Crippen LogP contribution < -0.4 is 11.1 Å². The second-order valence-corrected chi connectivity index (χ2v) is 10.4. The highest BCUT2D eigenvalue weighted by Crippen LogP contribution is 2.24. The fourth-order valence-corrected chi connectivity index (χ4v) is 4.74. The lowest BCUT2D eigenvalue weighted by Crippen LogP contribution is -2.42. The maximum absolute atomic E-state index is 13.3. The Hall–Kier alpha value is -4.75. The molecule has 228 valence electrons. The first-order valence-electron chi connectivity index (χ1n) is 13.6. The maximum atomic E-state index is 13.3. The zero-order valence-electron chi connectivity index (χ0n) is 23.5. The third kappa shape index (κ3) is 7.60. The van der Waals surface area contributed by atoms with E-state index in [0.717, 1.165) is 21.4 Å². The number of amides is 1. The minimum atomic E-state index is -1.67. The Balaban J connectivity index is 1.31. The molecule has 3 heterocycles. The van der Waals surface area contributed by atoms with Crippen LogP contribution in [-0.4, -0.2) is 54.4 Å². The van der Waals surface area contributed by atoms with Crippen LogP contribution in [0.25, 0.3) is 16.9 Å². The van der Waals surface area contributed by atoms with Crippen molar-refractivity contribution in [2.24, 2.45) is 0 Å². The summed E-state index contributed by atoms with van der Waals surface area (Å²) < 4.78 is 16.1. The zero-order chi connectivity index (χ0) is 31.2. The lowest BCUT2D eigenvalue weighted by Gasteiger charge is -2.24. The van der Waals surface area contributed by atoms with Gasteiger partial charge in [-0.3, -0.25) is 4.79 Å². The third-order valence-electron chi connectivity index (χ3n) is 6.79. The Bertz CT molecular complexity index is 1770. The van der Waals surface area contributed by atoms with Crippen LogP contribution in [0.2, 0.25) is 5.02 Å². The van der Waals surface area contributed by atoms with Crippen molar-refractivity contribution in [1.82, 2.24) is 20.1 Å². The topological polar surface area (TPSA) is 173 Å². The molecule has 2 aromatic carbocycles. The number of aliphatic hydroxyl groups is 2. The summed E-state index contributed by atoms with van der Waals surface area (Å²) in [5.41, 5.74) is 2.64. The van der Waals surface area contributed by atoms with Crippen molar-refractivity contribution < 1.29 is 33.7 Å². The van der Waals surface area contributed by atoms with Crippen LogP contribution in [0.15, 0.2) is 92.6 Å². The summed E-state index contributed by atoms with van der Waals surface area (Å²) in [4.78, 5) is 28.7. The van der Waals surface area contributed by atoms with E-state index in [0.29, 0.717) is 10.8 Å². The standard InChI is InChI=1S/C31H29ClN4O8/c1-18-26(44-31(41)43-18)17-42-30(40)25(37)15-23(13-19-8-10-20(11-9-19)21-5-4-6-22(32)14-21)34-29(39)24-16-28(38)36(35-24)27-7-2-3-12-33-27/h2-12,14,16,23,25,30,37-38,40H,13,15,17H2,1H3,(H,34,39)/t23-,25-,30?/m1/s1. The fraction of sp³-hybridized carbons (Fsp3) is 0.226. The predicted molar refractivity (Wildman–Crippen MR) is 158 cm³/mol. The monoisotopic (exact) mass is 620 g/mol. The van der Waals surface area contributed by atoms with E-state index in [4.69, 9.17) is 25.2 Å². The van der Waals surface area contributed by atoms with Gasteiger partial charge >= 0.3 is 5.82 Å². The van der Waals surface area contributed by atoms with Crippen molar-refractivity contribution in [3.05, 3.63) is 117 Å². The van der Waals surface area contributed by atoms with Crippen LogP contribution in [0.4, 0.5) is 0 Å². The number of carbonyl (C=O) groups is 1. The number of aryl methyl sites for hydroxylation is 1. The van der Waals surface area contributed by atoms with Crippen molar-refractivity contribution in [3.63, 3.8) is 0 Å². The zero-order valence-corrected chi connectivity index (χ0v) is 24.2. The molecule has 5 rings (SSSR count). The van der Waals surface area contributed by atoms with Crippen LogP contribution in [-0.2, 0) is 17.8 Å². The molecule has 0 saturated heterocycles. The van der Waals surface area contributed by atoms with E-state index in [1.165, 1.54) is 19.2 Å². The first kappa shape index (κ1) is 30.7. The second-order valence-electron chi connectivity index (χ2n) is 10.0. The summed E-state index contributed by atoms with van der Waals surface area (Å²) in [5, 5.41) is 39.3. The second kappa shape index (κ2) is 13.7. The Morgan fingerprint density at radius 2 is 1.84 bits per heavy atom. The van der Waals surface area contributed by atoms with E-state index in [1.807, 2.05) is 42.5 Å². The first-order valence-corrected chi connectivity index (χ1v) is 14.0. The summed E-state index contributed by atoms with van der Waals surface area (Å²) in [6.45, 7) is 1.19. The van der Waals surface area contributed by atoms with Crippen molar-refractivity contribution >= 4 is 17.5 Å². The largest absolute Gasteiger partial charge is 0.519 e. The number of aromatic nitrogens is 3. The van der Waals surface area contributed by atoms with Crippen molar-refractivity contribution in [3.8, 4) is 22.8 Å². The molecule has 0 aliphatic heterocycles. The van der Waals surface area contributed by atoms with Gasteiger partial charge in [0, 0.05) is 23.3 Å². The maximum Gasteiger partial charge on any atom is 0.519 e. The predicted octanol–water partition coefficient (Wildman–Crippen LogP) is 3.78. The molecule has 3 aromatic heterocycles. The highest BCUT2D eigenvalue weighted by Gasteiger charge is 2.26. The molecule has 0 aliphatic rings. The quantitative estimate of drug-likeness (QED) is 0.150. The van der Waals surface area contributed by atoms with E-state index in [1.54, 1.807) is 24.3 Å². The highest BCUT2D eigenvalue weighted by atomic mass is 35.5. The molecule has 1 amide bonds. The Morgan fingerprint density at radius 1 is 1.05 bits per heavy atom. The molecule has 0 aliphatic carbocycles. The van der Waals surface area contributed by atoms with Gasteiger partial charge in [0.1, 0.15) is 18.5 Å². The van der Waals surface area contributed by atoms with E-state index < -0.39 is 30.2 Å². The number of carbonyl (C=O) groups excluding carboxylic acids is 1. The van der Waals surface area contributed by atoms with Crippen LogP contribution >= 0.6 is 11.6 Å². The lowest BCUT2D eigenvalue weighted by molar-refractivity contribution is -0.173. The molecule has 0 spiro atoms. The molecule has 44 heavy (non-hydrogen) atoms. The molecule has 13 heteroatoms. The highest BCUT2D eigenvalue weighted by molar-refractivity contribution is 6.30. The van der Waals surface area contributed by atoms with Gasteiger partial charge in [0.15, 0.2) is 23.6 Å². The van der Waals surface area contributed by atoms with E-state index in [2.05, 4.69) is 15.4 Å². The Morgan fingerprint density at radius 3 is 2.52 bits per heavy atom. The van der Waals surface area contributed by atoms with Crippen LogP contribution in [0.1, 0.15) is 34.0 Å². The van der Waals surface area contributed by atoms with Crippen molar-refractivity contribution in [1.29, 1.82) is 0 Å². The number of hydrogen-bond donors (Lipinski definition) is 4. The van der Waals surface area contributed by atoms with E-state index >= 15 is 0 Å². The van der Waals surface area contributed by atoms with Gasteiger partial charge in [-0.1, -0.05) is 54.1 Å². The number of ether oxygens (including phenoxy) is 1. The Labute approximate surface area is 256 Å². The number of rotatable bonds is 12. The number of aromatic hydroxyl groups is 1. The molecule has 0 radical (unpaired) electrons. The molecule has 12 nitrogen and oxygen atoms in total. The lowest BCUT2D eigenvalue weighted by atomic mass is 9.97. The molecule has 4 N–H and O–H groups in total. The van der Waals surface area contributed by atoms with Gasteiger partial charge in [0.05, 0.1) is 0 Å². The number of aliphatic hydroxyl groups excluding tert-OH is 2. The third-order valence-corrected chi connectivity index (χ3v) is 7.03. The fourth-order valence-electron chi connectivity index (χ4n) is 4.55. The van der Waals surface area contributed by atoms with Gasteiger partial charge in [-0.25, -0.2) is 9.78 Å². The number of pyridine rings is 1. The first-order chi connectivity index (χ1) is 21.2. The minimum absolute atomic E-state index is 0.0776. The molecule has 0 bridgehead atoms. The van der Waals surface area contributed by atoms with Gasteiger partial charge in [0.2, 0.25) is 5.88 Å². The average molecular weight is 621 g/mol. The van der Waals surface area contributed by atoms with Crippen molar-refractivity contribution in [2.45, 2.75) is 44.8 Å². The molecule has 1 unspecified atom stereocenters. The number of nitrogens with one attached hydrogen (secondary N) is 1. The molecule has 3 atom stereocenters. The molecular formula is C31H29ClN4O8. The smallest absolute Gasteiger partial charge is 0.493 e. The van der Waals surface area contributed by atoms with Crippen LogP contribution in [0, 0.1) is 6.92 Å². The summed E-state index contributed by atoms with van der Waals surface area (Å²) in [7, 11) is 0. The SMILES string of the molecule is Cc1oc(=O)oc1COC(O)[C@H](O)C[C@@H](Cc1ccc(-c2cccc(Cl)c2)cc1)NC(=O)c1cc(O)n(-c2ccccn2)n1. The average Bonchev–Trinajstić information content (AvgIpc) is 3.56. The molecule has 0 fully saturated rings. The number of halogens is 1. The minimum Gasteiger partial charge on any atom is -0.493 e. The van der Waals surface area contributed by atoms with Crippen molar-refractivity contribution in [2.75, 3.05) is 0 Å². The van der Waals surface area contributed by atoms with Gasteiger partial charge in [0.25, 0.3) is 5.91 Å². The number of hydrogen-bond acceptors (Lipinski definition) is 10. The van der Waals surface area contributed by atoms with Gasteiger partial charge in [-0.15, -0.1) is 0 Å². The summed E-state index contributed by atoms with van der Waals surface area (Å²) in [5.74, 6) is -1.22. The Kier molecular flexibility index (Phi) is 9.56. The molecule has 0 saturated carbocycles. The van der Waals surface area contributed by atoms with E-state index in [-0.39, 0.29) is 42.5 Å². The normalized spacial score (nSPS) is 13.4. The number of benzene rings is 2. The molecular weight excluding hydrogens is 592 g/mol. The van der Waals surface area contributed by atoms with Crippen LogP contribution in [0.5, 0.6) is 5.88 Å². The van der Waals surface area contributed by atoms with Gasteiger partial charge < -0.3 is 34.2 Å². The summed E-state index contributed by atoms with van der Waals surface area (Å²) >= 11 is 6.14. The summed E-state index contributed by atoms with van der Waals surface area (Å²) in [6, 6.07) is 20.6. The summed E-state index contributed by atoms with van der Waals surface area (Å²) in [6.07, 6.45) is -1.44. The number of nitrogens with zero attached hydrogens (tertiary/aromatic N) is 3. The van der Waals surface area contributed by atoms with Crippen LogP contribution in [0.3, 0.4) is 0 Å².